The van der Waals surface area contributed by atoms with Gasteiger partial charge in [0.15, 0.2) is 0 Å². The van der Waals surface area contributed by atoms with E-state index in [1.54, 1.807) is 0 Å². The van der Waals surface area contributed by atoms with Gasteiger partial charge in [-0.2, -0.15) is 0 Å². The molecule has 1 saturated carbocycles. The Bertz CT molecular complexity index is 479. The molecule has 0 radical (unpaired) electrons. The molecule has 1 N–H and O–H groups in total. The maximum atomic E-state index is 11.2. The summed E-state index contributed by atoms with van der Waals surface area (Å²) < 4.78 is 5.42. The Hall–Kier alpha value is -1.51. The summed E-state index contributed by atoms with van der Waals surface area (Å²) in [7, 11) is 0. The van der Waals surface area contributed by atoms with Crippen molar-refractivity contribution in [3.05, 3.63) is 35.4 Å². The van der Waals surface area contributed by atoms with Crippen LogP contribution < -0.4 is 0 Å². The maximum Gasteiger partial charge on any atom is 0.506 e. The van der Waals surface area contributed by atoms with Crippen molar-refractivity contribution < 1.29 is 14.6 Å². The van der Waals surface area contributed by atoms with Crippen LogP contribution in [0.4, 0.5) is 4.79 Å². The molecule has 1 aromatic carbocycles. The number of carbonyl (C=O) groups is 1. The first kappa shape index (κ1) is 14.9. The van der Waals surface area contributed by atoms with E-state index in [0.717, 1.165) is 37.7 Å². The van der Waals surface area contributed by atoms with Gasteiger partial charge in [-0.25, -0.2) is 4.79 Å². The second-order valence-electron chi connectivity index (χ2n) is 6.72. The number of rotatable bonds is 2. The zero-order chi connectivity index (χ0) is 14.8. The topological polar surface area (TPSA) is 46.5 Å². The van der Waals surface area contributed by atoms with Crippen LogP contribution in [0.3, 0.4) is 0 Å². The number of hydrogen-bond acceptors (Lipinski definition) is 2. The quantitative estimate of drug-likeness (QED) is 0.786. The highest BCUT2D eigenvalue weighted by molar-refractivity contribution is 5.58. The van der Waals surface area contributed by atoms with Crippen molar-refractivity contribution in [2.45, 2.75) is 63.9 Å². The lowest BCUT2D eigenvalue weighted by atomic mass is 9.73. The summed E-state index contributed by atoms with van der Waals surface area (Å²) in [6.07, 6.45) is 3.59. The van der Waals surface area contributed by atoms with Crippen LogP contribution in [-0.2, 0) is 15.8 Å². The predicted octanol–water partition coefficient (Wildman–Crippen LogP) is 4.84. The Morgan fingerprint density at radius 3 is 2.30 bits per heavy atom. The lowest BCUT2D eigenvalue weighted by Gasteiger charge is -2.39. The standard InChI is InChI=1S/C17H24O3/c1-16(2,3)13-9-5-6-10-14(13)17(20-15(18)19)11-7-4-8-12-17/h5-6,9-10H,4,7-8,11-12H2,1-3H3,(H,18,19). The van der Waals surface area contributed by atoms with Crippen molar-refractivity contribution in [1.82, 2.24) is 0 Å². The predicted molar refractivity (Wildman–Crippen MR) is 79.0 cm³/mol. The maximum absolute atomic E-state index is 11.2. The number of ether oxygens (including phenoxy) is 1. The molecule has 1 aliphatic rings. The van der Waals surface area contributed by atoms with Crippen molar-refractivity contribution in [2.24, 2.45) is 0 Å². The van der Waals surface area contributed by atoms with Crippen LogP contribution in [-0.4, -0.2) is 11.3 Å². The molecule has 3 heteroatoms. The molecule has 1 fully saturated rings. The zero-order valence-corrected chi connectivity index (χ0v) is 12.6. The third kappa shape index (κ3) is 2.97. The van der Waals surface area contributed by atoms with Gasteiger partial charge in [0.1, 0.15) is 5.60 Å². The minimum absolute atomic E-state index is 0.0249. The molecule has 0 aliphatic heterocycles. The zero-order valence-electron chi connectivity index (χ0n) is 12.6. The average Bonchev–Trinajstić information content (AvgIpc) is 2.38. The van der Waals surface area contributed by atoms with Crippen molar-refractivity contribution in [2.75, 3.05) is 0 Å². The molecule has 0 bridgehead atoms. The number of benzene rings is 1. The Balaban J connectivity index is 2.51. The Morgan fingerprint density at radius 1 is 1.15 bits per heavy atom. The second-order valence-corrected chi connectivity index (χ2v) is 6.72. The van der Waals surface area contributed by atoms with Crippen LogP contribution >= 0.6 is 0 Å². The first-order valence-corrected chi connectivity index (χ1v) is 7.37. The SMILES string of the molecule is CC(C)(C)c1ccccc1C1(OC(=O)O)CCCCC1. The molecule has 3 nitrogen and oxygen atoms in total. The van der Waals surface area contributed by atoms with Crippen molar-refractivity contribution >= 4 is 6.16 Å². The monoisotopic (exact) mass is 276 g/mol. The van der Waals surface area contributed by atoms with Gasteiger partial charge in [0.05, 0.1) is 0 Å². The van der Waals surface area contributed by atoms with E-state index in [9.17, 15) is 4.79 Å². The summed E-state index contributed by atoms with van der Waals surface area (Å²) in [4.78, 5) is 11.2. The molecule has 0 aromatic heterocycles. The van der Waals surface area contributed by atoms with Crippen LogP contribution in [0, 0.1) is 0 Å². The largest absolute Gasteiger partial charge is 0.506 e. The van der Waals surface area contributed by atoms with E-state index in [0.29, 0.717) is 0 Å². The molecule has 20 heavy (non-hydrogen) atoms. The van der Waals surface area contributed by atoms with Crippen molar-refractivity contribution in [3.63, 3.8) is 0 Å². The fraction of sp³-hybridized carbons (Fsp3) is 0.588. The molecule has 1 aromatic rings. The molecule has 110 valence electrons. The normalized spacial score (nSPS) is 18.6. The van der Waals surface area contributed by atoms with E-state index < -0.39 is 11.8 Å². The molecule has 0 atom stereocenters. The summed E-state index contributed by atoms with van der Waals surface area (Å²) in [5, 5.41) is 9.16. The van der Waals surface area contributed by atoms with E-state index >= 15 is 0 Å². The Morgan fingerprint density at radius 2 is 1.75 bits per heavy atom. The summed E-state index contributed by atoms with van der Waals surface area (Å²) in [6, 6.07) is 8.12. The number of hydrogen-bond donors (Lipinski definition) is 1. The van der Waals surface area contributed by atoms with E-state index in [2.05, 4.69) is 26.8 Å². The molecule has 2 rings (SSSR count). The summed E-state index contributed by atoms with van der Waals surface area (Å²) in [5.41, 5.74) is 1.55. The fourth-order valence-electron chi connectivity index (χ4n) is 3.25. The lowest BCUT2D eigenvalue weighted by Crippen LogP contribution is -2.36. The van der Waals surface area contributed by atoms with Crippen LogP contribution in [0.15, 0.2) is 24.3 Å². The highest BCUT2D eigenvalue weighted by Gasteiger charge is 2.40. The van der Waals surface area contributed by atoms with Crippen LogP contribution in [0.2, 0.25) is 0 Å². The van der Waals surface area contributed by atoms with Gasteiger partial charge in [-0.05, 0) is 42.2 Å². The lowest BCUT2D eigenvalue weighted by molar-refractivity contribution is -0.0470. The van der Waals surface area contributed by atoms with Gasteiger partial charge < -0.3 is 9.84 Å². The van der Waals surface area contributed by atoms with Crippen LogP contribution in [0.25, 0.3) is 0 Å². The molecular weight excluding hydrogens is 252 g/mol. The average molecular weight is 276 g/mol. The highest BCUT2D eigenvalue weighted by Crippen LogP contribution is 2.44. The summed E-state index contributed by atoms with van der Waals surface area (Å²) >= 11 is 0. The molecule has 0 spiro atoms. The highest BCUT2D eigenvalue weighted by atomic mass is 16.7. The van der Waals surface area contributed by atoms with E-state index in [1.807, 2.05) is 18.2 Å². The van der Waals surface area contributed by atoms with Gasteiger partial charge in [0.25, 0.3) is 0 Å². The molecule has 0 heterocycles. The summed E-state index contributed by atoms with van der Waals surface area (Å²) in [5.74, 6) is 0. The minimum Gasteiger partial charge on any atom is -0.450 e. The molecular formula is C17H24O3. The van der Waals surface area contributed by atoms with E-state index in [-0.39, 0.29) is 5.41 Å². The Kier molecular flexibility index (Phi) is 4.07. The molecule has 0 unspecified atom stereocenters. The van der Waals surface area contributed by atoms with E-state index in [1.165, 1.54) is 5.56 Å². The molecule has 1 aliphatic carbocycles. The van der Waals surface area contributed by atoms with Crippen LogP contribution in [0.5, 0.6) is 0 Å². The van der Waals surface area contributed by atoms with Crippen molar-refractivity contribution in [3.8, 4) is 0 Å². The van der Waals surface area contributed by atoms with Gasteiger partial charge in [0, 0.05) is 0 Å². The fourth-order valence-corrected chi connectivity index (χ4v) is 3.25. The molecule has 0 amide bonds. The third-order valence-electron chi connectivity index (χ3n) is 4.17. The Labute approximate surface area is 121 Å². The first-order valence-electron chi connectivity index (χ1n) is 7.37. The van der Waals surface area contributed by atoms with Crippen molar-refractivity contribution in [1.29, 1.82) is 0 Å². The van der Waals surface area contributed by atoms with Gasteiger partial charge in [-0.1, -0.05) is 51.5 Å². The van der Waals surface area contributed by atoms with Gasteiger partial charge >= 0.3 is 6.16 Å². The first-order chi connectivity index (χ1) is 9.35. The van der Waals surface area contributed by atoms with Gasteiger partial charge in [0.2, 0.25) is 0 Å². The molecule has 0 saturated heterocycles. The van der Waals surface area contributed by atoms with Gasteiger partial charge in [-0.15, -0.1) is 0 Å². The van der Waals surface area contributed by atoms with Gasteiger partial charge in [-0.3, -0.25) is 0 Å². The smallest absolute Gasteiger partial charge is 0.450 e. The number of carboxylic acid groups (broad SMARTS) is 1. The van der Waals surface area contributed by atoms with E-state index in [4.69, 9.17) is 9.84 Å². The minimum atomic E-state index is -1.17. The summed E-state index contributed by atoms with van der Waals surface area (Å²) in [6.45, 7) is 6.47. The van der Waals surface area contributed by atoms with Crippen LogP contribution in [0.1, 0.15) is 64.0 Å². The third-order valence-corrected chi connectivity index (χ3v) is 4.17. The second kappa shape index (κ2) is 5.47.